The van der Waals surface area contributed by atoms with Crippen LogP contribution in [0.25, 0.3) is 11.1 Å². The van der Waals surface area contributed by atoms with Crippen LogP contribution in [0.15, 0.2) is 66.7 Å². The van der Waals surface area contributed by atoms with Crippen LogP contribution in [0.4, 0.5) is 10.5 Å². The molecule has 0 aromatic heterocycles. The second-order valence-corrected chi connectivity index (χ2v) is 4.93. The van der Waals surface area contributed by atoms with Gasteiger partial charge in [0.25, 0.3) is 0 Å². The lowest BCUT2D eigenvalue weighted by molar-refractivity contribution is -0.299. The number of amides is 2. The number of urea groups is 1. The number of benzene rings is 2. The Kier molecular flexibility index (Phi) is 5.52. The molecule has 0 atom stereocenters. The summed E-state index contributed by atoms with van der Waals surface area (Å²) in [4.78, 5) is 22.5. The smallest absolute Gasteiger partial charge is 0.319 e. The number of anilines is 1. The molecule has 2 N–H and O–H groups in total. The van der Waals surface area contributed by atoms with E-state index in [4.69, 9.17) is 0 Å². The van der Waals surface area contributed by atoms with Crippen molar-refractivity contribution in [2.45, 2.75) is 6.42 Å². The molecule has 118 valence electrons. The van der Waals surface area contributed by atoms with Crippen LogP contribution in [-0.4, -0.2) is 18.5 Å². The molecule has 0 aliphatic rings. The zero-order valence-electron chi connectivity index (χ0n) is 12.5. The molecule has 2 aromatic carbocycles. The highest BCUT2D eigenvalue weighted by Gasteiger charge is 2.07. The minimum atomic E-state index is -1.30. The second-order valence-electron chi connectivity index (χ2n) is 4.93. The molecule has 5 heteroatoms. The Morgan fingerprint density at radius 1 is 1.00 bits per heavy atom. The first kappa shape index (κ1) is 16.3. The fourth-order valence-corrected chi connectivity index (χ4v) is 2.06. The summed E-state index contributed by atoms with van der Waals surface area (Å²) in [6.07, 6.45) is 0.135. The first-order valence-electron chi connectivity index (χ1n) is 7.16. The predicted molar refractivity (Wildman–Crippen MR) is 87.7 cm³/mol. The number of carbonyl (C=O) groups is 2. The van der Waals surface area contributed by atoms with Crippen LogP contribution in [-0.2, 0) is 4.79 Å². The van der Waals surface area contributed by atoms with Crippen LogP contribution in [0.3, 0.4) is 0 Å². The molecule has 0 bridgehead atoms. The number of aliphatic carboxylic acids is 1. The number of carboxylic acids is 1. The van der Waals surface area contributed by atoms with Gasteiger partial charge in [0.2, 0.25) is 0 Å². The van der Waals surface area contributed by atoms with Gasteiger partial charge in [-0.1, -0.05) is 55.1 Å². The first-order valence-corrected chi connectivity index (χ1v) is 7.16. The van der Waals surface area contributed by atoms with E-state index in [1.54, 1.807) is 0 Å². The van der Waals surface area contributed by atoms with Gasteiger partial charge in [0.15, 0.2) is 0 Å². The lowest BCUT2D eigenvalue weighted by Crippen LogP contribution is -2.32. The zero-order chi connectivity index (χ0) is 16.7. The van der Waals surface area contributed by atoms with Crippen molar-refractivity contribution >= 4 is 17.7 Å². The lowest BCUT2D eigenvalue weighted by Gasteiger charge is -2.13. The molecule has 2 rings (SSSR count). The van der Waals surface area contributed by atoms with Crippen molar-refractivity contribution in [1.29, 1.82) is 0 Å². The van der Waals surface area contributed by atoms with Crippen molar-refractivity contribution < 1.29 is 14.7 Å². The van der Waals surface area contributed by atoms with Gasteiger partial charge in [0.05, 0.1) is 11.7 Å². The summed E-state index contributed by atoms with van der Waals surface area (Å²) < 4.78 is 0. The maximum Gasteiger partial charge on any atom is 0.319 e. The molecular weight excluding hydrogens is 292 g/mol. The summed E-state index contributed by atoms with van der Waals surface area (Å²) in [7, 11) is 0. The molecule has 2 amide bonds. The first-order chi connectivity index (χ1) is 11.1. The van der Waals surface area contributed by atoms with Gasteiger partial charge in [-0.2, -0.15) is 0 Å². The highest BCUT2D eigenvalue weighted by molar-refractivity contribution is 5.94. The van der Waals surface area contributed by atoms with Gasteiger partial charge in [-0.3, -0.25) is 0 Å². The minimum absolute atomic E-state index is 0.0463. The second kappa shape index (κ2) is 7.79. The number of carboxylic acid groups (broad SMARTS) is 1. The summed E-state index contributed by atoms with van der Waals surface area (Å²) >= 11 is 0. The van der Waals surface area contributed by atoms with E-state index in [-0.39, 0.29) is 18.5 Å². The SMILES string of the molecule is C=C(CCNC(=O)Nc1ccccc1-c1ccccc1)C(=O)[O-]. The van der Waals surface area contributed by atoms with Gasteiger partial charge in [-0.15, -0.1) is 0 Å². The molecule has 0 unspecified atom stereocenters. The van der Waals surface area contributed by atoms with E-state index in [2.05, 4.69) is 17.2 Å². The van der Waals surface area contributed by atoms with Crippen molar-refractivity contribution in [2.24, 2.45) is 0 Å². The summed E-state index contributed by atoms with van der Waals surface area (Å²) in [5.74, 6) is -1.30. The van der Waals surface area contributed by atoms with E-state index in [0.29, 0.717) is 5.69 Å². The molecule has 2 aromatic rings. The van der Waals surface area contributed by atoms with Crippen LogP contribution >= 0.6 is 0 Å². The third kappa shape index (κ3) is 4.71. The summed E-state index contributed by atoms with van der Waals surface area (Å²) in [5.41, 5.74) is 2.53. The Morgan fingerprint density at radius 3 is 2.35 bits per heavy atom. The number of hydrogen-bond donors (Lipinski definition) is 2. The Hall–Kier alpha value is -3.08. The van der Waals surface area contributed by atoms with Crippen molar-refractivity contribution in [3.63, 3.8) is 0 Å². The number of hydrogen-bond acceptors (Lipinski definition) is 3. The number of rotatable bonds is 6. The van der Waals surface area contributed by atoms with Gasteiger partial charge >= 0.3 is 6.03 Å². The standard InChI is InChI=1S/C18H18N2O3/c1-13(17(21)22)11-12-19-18(23)20-16-10-6-5-9-15(16)14-7-3-2-4-8-14/h2-10H,1,11-12H2,(H,21,22)(H2,19,20,23)/p-1. The topological polar surface area (TPSA) is 81.3 Å². The number of nitrogens with one attached hydrogen (secondary N) is 2. The Balaban J connectivity index is 1.99. The molecule has 0 aliphatic carbocycles. The van der Waals surface area contributed by atoms with Crippen LogP contribution in [0, 0.1) is 0 Å². The maximum absolute atomic E-state index is 11.9. The van der Waals surface area contributed by atoms with E-state index in [0.717, 1.165) is 11.1 Å². The Bertz CT molecular complexity index is 711. The van der Waals surface area contributed by atoms with E-state index in [1.165, 1.54) is 0 Å². The fraction of sp³-hybridized carbons (Fsp3) is 0.111. The van der Waals surface area contributed by atoms with Gasteiger partial charge in [-0.25, -0.2) is 4.79 Å². The highest BCUT2D eigenvalue weighted by Crippen LogP contribution is 2.27. The summed E-state index contributed by atoms with van der Waals surface area (Å²) in [6, 6.07) is 16.8. The highest BCUT2D eigenvalue weighted by atomic mass is 16.4. The molecule has 0 saturated carbocycles. The molecule has 0 aliphatic heterocycles. The molecule has 5 nitrogen and oxygen atoms in total. The van der Waals surface area contributed by atoms with Crippen LogP contribution in [0.1, 0.15) is 6.42 Å². The normalized spacial score (nSPS) is 9.91. The van der Waals surface area contributed by atoms with E-state index in [1.807, 2.05) is 54.6 Å². The van der Waals surface area contributed by atoms with Crippen LogP contribution < -0.4 is 15.7 Å². The number of carbonyl (C=O) groups excluding carboxylic acids is 2. The van der Waals surface area contributed by atoms with E-state index < -0.39 is 12.0 Å². The van der Waals surface area contributed by atoms with Crippen molar-refractivity contribution in [3.05, 3.63) is 66.7 Å². The quantitative estimate of drug-likeness (QED) is 0.802. The third-order valence-corrected chi connectivity index (χ3v) is 3.26. The molecule has 0 saturated heterocycles. The Labute approximate surface area is 134 Å². The molecular formula is C18H17N2O3-. The largest absolute Gasteiger partial charge is 0.545 e. The molecule has 0 radical (unpaired) electrons. The third-order valence-electron chi connectivity index (χ3n) is 3.26. The van der Waals surface area contributed by atoms with Crippen LogP contribution in [0.2, 0.25) is 0 Å². The van der Waals surface area contributed by atoms with Gasteiger partial charge in [0.1, 0.15) is 0 Å². The molecule has 0 spiro atoms. The van der Waals surface area contributed by atoms with Crippen molar-refractivity contribution in [3.8, 4) is 11.1 Å². The predicted octanol–water partition coefficient (Wildman–Crippen LogP) is 2.17. The average molecular weight is 309 g/mol. The van der Waals surface area contributed by atoms with Gasteiger partial charge < -0.3 is 20.5 Å². The molecule has 23 heavy (non-hydrogen) atoms. The maximum atomic E-state index is 11.9. The van der Waals surface area contributed by atoms with E-state index in [9.17, 15) is 14.7 Å². The van der Waals surface area contributed by atoms with Gasteiger partial charge in [-0.05, 0) is 23.6 Å². The average Bonchev–Trinajstić information content (AvgIpc) is 2.56. The van der Waals surface area contributed by atoms with Gasteiger partial charge in [0, 0.05) is 12.1 Å². The summed E-state index contributed by atoms with van der Waals surface area (Å²) in [6.45, 7) is 3.53. The van der Waals surface area contributed by atoms with Crippen molar-refractivity contribution in [1.82, 2.24) is 5.32 Å². The molecule has 0 fully saturated rings. The summed E-state index contributed by atoms with van der Waals surface area (Å²) in [5, 5.41) is 15.9. The Morgan fingerprint density at radius 2 is 1.65 bits per heavy atom. The monoisotopic (exact) mass is 309 g/mol. The zero-order valence-corrected chi connectivity index (χ0v) is 12.5. The fourth-order valence-electron chi connectivity index (χ4n) is 2.06. The lowest BCUT2D eigenvalue weighted by atomic mass is 10.0. The number of para-hydroxylation sites is 1. The minimum Gasteiger partial charge on any atom is -0.545 e. The van der Waals surface area contributed by atoms with Crippen molar-refractivity contribution in [2.75, 3.05) is 11.9 Å². The van der Waals surface area contributed by atoms with Crippen LogP contribution in [0.5, 0.6) is 0 Å². The molecule has 0 heterocycles. The van der Waals surface area contributed by atoms with E-state index >= 15 is 0 Å².